The molecule has 3 rings (SSSR count). The molecule has 0 saturated heterocycles. The van der Waals surface area contributed by atoms with Crippen molar-refractivity contribution >= 4 is 11.0 Å². The molecule has 0 fully saturated rings. The average Bonchev–Trinajstić information content (AvgIpc) is 3.07. The summed E-state index contributed by atoms with van der Waals surface area (Å²) in [6, 6.07) is 9.21. The molecule has 0 N–H and O–H groups in total. The molecular formula is C20H26SiZr. The van der Waals surface area contributed by atoms with Crippen molar-refractivity contribution in [2.24, 2.45) is 5.41 Å². The summed E-state index contributed by atoms with van der Waals surface area (Å²) in [5.41, 5.74) is 4.80. The molecule has 2 aliphatic carbocycles. The second kappa shape index (κ2) is 6.21. The van der Waals surface area contributed by atoms with Crippen LogP contribution in [0.25, 0.3) is 5.57 Å². The Balaban J connectivity index is 2.15. The van der Waals surface area contributed by atoms with E-state index in [9.17, 15) is 0 Å². The standard InChI is InChI=1S/C13H15.C5H5.C2H6Si.Zr/c1-13(2,3)12-9-8-10-6-4-5-7-11(10)12;1-2-4-5-3-1;1-3-2;/h4-9H,1-3H3;1-5H;1-2H3;. The normalized spacial score (nSPS) is 20.2. The molecule has 0 saturated carbocycles. The van der Waals surface area contributed by atoms with Gasteiger partial charge in [-0.2, -0.15) is 0 Å². The summed E-state index contributed by atoms with van der Waals surface area (Å²) in [5, 5.41) is 0. The number of hydrogen-bond donors (Lipinski definition) is 0. The summed E-state index contributed by atoms with van der Waals surface area (Å²) in [4.78, 5) is 0. The van der Waals surface area contributed by atoms with Crippen LogP contribution >= 0.6 is 0 Å². The van der Waals surface area contributed by atoms with E-state index in [0.717, 1.165) is 7.25 Å². The quantitative estimate of drug-likeness (QED) is 0.551. The van der Waals surface area contributed by atoms with Gasteiger partial charge < -0.3 is 0 Å². The number of benzene rings is 1. The first-order valence-corrected chi connectivity index (χ1v) is 17.3. The van der Waals surface area contributed by atoms with Gasteiger partial charge in [-0.25, -0.2) is 0 Å². The average molecular weight is 386 g/mol. The maximum atomic E-state index is 2.68. The van der Waals surface area contributed by atoms with Crippen molar-refractivity contribution in [1.29, 1.82) is 0 Å². The van der Waals surface area contributed by atoms with E-state index in [4.69, 9.17) is 0 Å². The fourth-order valence-corrected chi connectivity index (χ4v) is 22.0. The van der Waals surface area contributed by atoms with E-state index in [1.807, 2.05) is 0 Å². The third-order valence-corrected chi connectivity index (χ3v) is 23.8. The molecule has 1 unspecified atom stereocenters. The first-order chi connectivity index (χ1) is 10.4. The molecule has 1 atom stereocenters. The predicted octanol–water partition coefficient (Wildman–Crippen LogP) is 5.95. The number of hydrogen-bond acceptors (Lipinski definition) is 0. The van der Waals surface area contributed by atoms with Gasteiger partial charge in [-0.3, -0.25) is 0 Å². The molecule has 0 heterocycles. The Morgan fingerprint density at radius 1 is 1.00 bits per heavy atom. The summed E-state index contributed by atoms with van der Waals surface area (Å²) in [5.74, 6) is 0. The number of fused-ring (bicyclic) bond motifs is 1. The SMILES string of the molecule is C[Si](C)=[Zr]([CH]1C=CC=C1)[CH]1C=C(C(C)(C)C)c2ccccc21. The van der Waals surface area contributed by atoms with Crippen molar-refractivity contribution in [3.05, 3.63) is 65.8 Å². The molecular weight excluding hydrogens is 360 g/mol. The van der Waals surface area contributed by atoms with Crippen molar-refractivity contribution in [1.82, 2.24) is 0 Å². The van der Waals surface area contributed by atoms with Crippen molar-refractivity contribution < 1.29 is 20.4 Å². The van der Waals surface area contributed by atoms with E-state index in [1.165, 1.54) is 5.56 Å². The van der Waals surface area contributed by atoms with Gasteiger partial charge in [0.2, 0.25) is 0 Å². The van der Waals surface area contributed by atoms with Crippen LogP contribution in [0.5, 0.6) is 0 Å². The van der Waals surface area contributed by atoms with Gasteiger partial charge in [-0.05, 0) is 0 Å². The summed E-state index contributed by atoms with van der Waals surface area (Å²) in [6.45, 7) is 12.2. The Hall–Kier alpha value is -0.460. The van der Waals surface area contributed by atoms with Gasteiger partial charge in [0.05, 0.1) is 0 Å². The van der Waals surface area contributed by atoms with Crippen LogP contribution in [-0.4, -0.2) is 5.43 Å². The Morgan fingerprint density at radius 2 is 1.64 bits per heavy atom. The molecule has 0 nitrogen and oxygen atoms in total. The molecule has 0 bridgehead atoms. The van der Waals surface area contributed by atoms with E-state index in [0.29, 0.717) is 0 Å². The molecule has 1 aromatic carbocycles. The summed E-state index contributed by atoms with van der Waals surface area (Å²) >= 11 is -1.59. The molecule has 2 heteroatoms. The summed E-state index contributed by atoms with van der Waals surface area (Å²) < 4.78 is 1.58. The first kappa shape index (κ1) is 16.4. The molecule has 0 aromatic heterocycles. The van der Waals surface area contributed by atoms with Gasteiger partial charge in [0.15, 0.2) is 0 Å². The van der Waals surface area contributed by atoms with E-state index in [-0.39, 0.29) is 10.8 Å². The van der Waals surface area contributed by atoms with Crippen LogP contribution in [0.2, 0.25) is 16.7 Å². The number of allylic oxidation sites excluding steroid dienone is 6. The minimum absolute atomic E-state index is 0.199. The van der Waals surface area contributed by atoms with E-state index < -0.39 is 20.4 Å². The molecule has 0 radical (unpaired) electrons. The fourth-order valence-electron chi connectivity index (χ4n) is 3.76. The summed E-state index contributed by atoms with van der Waals surface area (Å²) in [7, 11) is 0. The molecule has 0 spiro atoms. The van der Waals surface area contributed by atoms with Crippen LogP contribution in [0.15, 0.2) is 54.6 Å². The monoisotopic (exact) mass is 384 g/mol. The second-order valence-electron chi connectivity index (χ2n) is 7.65. The van der Waals surface area contributed by atoms with E-state index in [1.54, 1.807) is 11.1 Å². The van der Waals surface area contributed by atoms with Gasteiger partial charge in [0.1, 0.15) is 0 Å². The van der Waals surface area contributed by atoms with E-state index >= 15 is 0 Å². The van der Waals surface area contributed by atoms with Gasteiger partial charge in [0.25, 0.3) is 0 Å². The Labute approximate surface area is 143 Å². The third-order valence-electron chi connectivity index (χ3n) is 4.75. The Morgan fingerprint density at radius 3 is 2.23 bits per heavy atom. The molecule has 0 aliphatic heterocycles. The maximum absolute atomic E-state index is 2.68. The van der Waals surface area contributed by atoms with Gasteiger partial charge in [-0.15, -0.1) is 0 Å². The molecule has 22 heavy (non-hydrogen) atoms. The van der Waals surface area contributed by atoms with Crippen LogP contribution in [0.1, 0.15) is 35.5 Å². The zero-order chi connectivity index (χ0) is 15.9. The molecule has 1 aromatic rings. The zero-order valence-electron chi connectivity index (χ0n) is 14.4. The molecule has 114 valence electrons. The van der Waals surface area contributed by atoms with Crippen molar-refractivity contribution in [3.63, 3.8) is 0 Å². The topological polar surface area (TPSA) is 0 Å². The van der Waals surface area contributed by atoms with Crippen LogP contribution < -0.4 is 0 Å². The fraction of sp³-hybridized carbons (Fsp3) is 0.400. The van der Waals surface area contributed by atoms with Gasteiger partial charge >= 0.3 is 144 Å². The first-order valence-electron chi connectivity index (χ1n) is 8.23. The van der Waals surface area contributed by atoms with Crippen molar-refractivity contribution in [2.75, 3.05) is 0 Å². The van der Waals surface area contributed by atoms with Crippen LogP contribution in [0.4, 0.5) is 0 Å². The van der Waals surface area contributed by atoms with E-state index in [2.05, 4.69) is 88.5 Å². The van der Waals surface area contributed by atoms with Gasteiger partial charge in [0, 0.05) is 0 Å². The van der Waals surface area contributed by atoms with Crippen LogP contribution in [0, 0.1) is 5.41 Å². The molecule has 0 amide bonds. The molecule has 2 aliphatic rings. The van der Waals surface area contributed by atoms with Crippen LogP contribution in [0.3, 0.4) is 0 Å². The zero-order valence-corrected chi connectivity index (χ0v) is 17.8. The van der Waals surface area contributed by atoms with Crippen molar-refractivity contribution in [3.8, 4) is 0 Å². The third kappa shape index (κ3) is 2.97. The summed E-state index contributed by atoms with van der Waals surface area (Å²) in [6.07, 6.45) is 12.2. The van der Waals surface area contributed by atoms with Gasteiger partial charge in [-0.1, -0.05) is 0 Å². The Bertz CT molecular complexity index is 697. The number of rotatable bonds is 2. The van der Waals surface area contributed by atoms with Crippen LogP contribution in [-0.2, 0) is 20.4 Å². The minimum atomic E-state index is -1.59. The second-order valence-corrected chi connectivity index (χ2v) is 25.8. The Kier molecular flexibility index (Phi) is 4.63. The predicted molar refractivity (Wildman–Crippen MR) is 96.1 cm³/mol. The van der Waals surface area contributed by atoms with Crippen molar-refractivity contribution in [2.45, 2.75) is 41.1 Å².